The average Bonchev–Trinajstić information content (AvgIpc) is 2.79. The first-order valence-corrected chi connectivity index (χ1v) is 9.31. The van der Waals surface area contributed by atoms with Crippen molar-refractivity contribution in [3.8, 4) is 0 Å². The molecule has 2 aromatic heterocycles. The fraction of sp³-hybridized carbons (Fsp3) is 0.250. The van der Waals surface area contributed by atoms with Crippen LogP contribution in [0.1, 0.15) is 16.1 Å². The maximum Gasteiger partial charge on any atom is 0.270 e. The smallest absolute Gasteiger partial charge is 0.270 e. The molecule has 0 aliphatic carbocycles. The number of amides is 1. The summed E-state index contributed by atoms with van der Waals surface area (Å²) >= 11 is 0. The van der Waals surface area contributed by atoms with Crippen molar-refractivity contribution in [3.63, 3.8) is 0 Å². The number of piperazine rings is 1. The first kappa shape index (κ1) is 18.7. The number of hydrogen-bond acceptors (Lipinski definition) is 7. The molecule has 0 unspecified atom stereocenters. The monoisotopic (exact) mass is 393 g/mol. The summed E-state index contributed by atoms with van der Waals surface area (Å²) in [5, 5.41) is 2.70. The number of halogens is 1. The lowest BCUT2D eigenvalue weighted by atomic mass is 10.2. The lowest BCUT2D eigenvalue weighted by Gasteiger charge is -2.35. The van der Waals surface area contributed by atoms with Crippen molar-refractivity contribution in [2.75, 3.05) is 36.0 Å². The highest BCUT2D eigenvalue weighted by molar-refractivity contribution is 5.92. The van der Waals surface area contributed by atoms with Gasteiger partial charge in [0.2, 0.25) is 5.95 Å². The van der Waals surface area contributed by atoms with Gasteiger partial charge in [0.25, 0.3) is 5.91 Å². The molecule has 3 aromatic rings. The van der Waals surface area contributed by atoms with Crippen LogP contribution in [-0.2, 0) is 6.54 Å². The minimum atomic E-state index is -0.367. The van der Waals surface area contributed by atoms with Crippen molar-refractivity contribution in [1.29, 1.82) is 0 Å². The Balaban J connectivity index is 1.37. The summed E-state index contributed by atoms with van der Waals surface area (Å²) in [5.41, 5.74) is 0.676. The number of hydrogen-bond donors (Lipinski definition) is 1. The minimum absolute atomic E-state index is 0.0978. The van der Waals surface area contributed by atoms with Gasteiger partial charge in [-0.15, -0.1) is 0 Å². The summed E-state index contributed by atoms with van der Waals surface area (Å²) in [6, 6.07) is 9.79. The Hall–Kier alpha value is -3.62. The number of carbonyl (C=O) groups excluding carboxylic acids is 1. The molecule has 1 N–H and O–H groups in total. The number of nitrogens with zero attached hydrogens (tertiary/aromatic N) is 6. The van der Waals surface area contributed by atoms with E-state index in [1.807, 2.05) is 0 Å². The molecule has 29 heavy (non-hydrogen) atoms. The summed E-state index contributed by atoms with van der Waals surface area (Å²) in [4.78, 5) is 33.6. The number of carbonyl (C=O) groups is 1. The molecule has 0 radical (unpaired) electrons. The molecular weight excluding hydrogens is 373 g/mol. The number of benzene rings is 1. The van der Waals surface area contributed by atoms with Gasteiger partial charge in [0.1, 0.15) is 23.7 Å². The molecule has 8 nitrogen and oxygen atoms in total. The van der Waals surface area contributed by atoms with E-state index in [-0.39, 0.29) is 24.0 Å². The van der Waals surface area contributed by atoms with Crippen LogP contribution in [0.2, 0.25) is 0 Å². The van der Waals surface area contributed by atoms with Crippen molar-refractivity contribution in [2.24, 2.45) is 0 Å². The molecule has 1 aromatic carbocycles. The first-order chi connectivity index (χ1) is 14.2. The average molecular weight is 393 g/mol. The number of rotatable bonds is 5. The van der Waals surface area contributed by atoms with E-state index in [4.69, 9.17) is 0 Å². The Morgan fingerprint density at radius 1 is 0.966 bits per heavy atom. The maximum atomic E-state index is 13.7. The van der Waals surface area contributed by atoms with Gasteiger partial charge in [-0.1, -0.05) is 18.2 Å². The van der Waals surface area contributed by atoms with E-state index >= 15 is 0 Å². The molecule has 148 valence electrons. The van der Waals surface area contributed by atoms with Gasteiger partial charge in [-0.2, -0.15) is 0 Å². The van der Waals surface area contributed by atoms with Crippen LogP contribution in [0.4, 0.5) is 16.2 Å². The normalized spacial score (nSPS) is 14.0. The van der Waals surface area contributed by atoms with E-state index in [0.29, 0.717) is 17.3 Å². The lowest BCUT2D eigenvalue weighted by Crippen LogP contribution is -2.47. The Kier molecular flexibility index (Phi) is 5.55. The predicted octanol–water partition coefficient (Wildman–Crippen LogP) is 1.66. The van der Waals surface area contributed by atoms with Crippen LogP contribution in [0.5, 0.6) is 0 Å². The Bertz CT molecular complexity index is 977. The van der Waals surface area contributed by atoms with Gasteiger partial charge in [0, 0.05) is 56.7 Å². The molecule has 1 fully saturated rings. The number of aromatic nitrogens is 4. The van der Waals surface area contributed by atoms with Crippen molar-refractivity contribution in [3.05, 3.63) is 72.2 Å². The van der Waals surface area contributed by atoms with Crippen LogP contribution >= 0.6 is 0 Å². The molecule has 0 saturated carbocycles. The van der Waals surface area contributed by atoms with Crippen LogP contribution in [0.15, 0.2) is 55.1 Å². The third-order valence-corrected chi connectivity index (χ3v) is 4.72. The molecule has 0 atom stereocenters. The van der Waals surface area contributed by atoms with E-state index < -0.39 is 0 Å². The van der Waals surface area contributed by atoms with Crippen LogP contribution in [0, 0.1) is 5.82 Å². The van der Waals surface area contributed by atoms with E-state index in [2.05, 4.69) is 35.1 Å². The topological polar surface area (TPSA) is 87.1 Å². The van der Waals surface area contributed by atoms with Gasteiger partial charge in [0.05, 0.1) is 0 Å². The molecule has 9 heteroatoms. The molecular formula is C20H20FN7O. The zero-order valence-corrected chi connectivity index (χ0v) is 15.7. The number of anilines is 2. The van der Waals surface area contributed by atoms with Gasteiger partial charge in [0.15, 0.2) is 0 Å². The van der Waals surface area contributed by atoms with E-state index in [1.54, 1.807) is 42.7 Å². The van der Waals surface area contributed by atoms with Gasteiger partial charge in [-0.05, 0) is 12.1 Å². The number of nitrogens with one attached hydrogen (secondary N) is 1. The Morgan fingerprint density at radius 3 is 2.45 bits per heavy atom. The van der Waals surface area contributed by atoms with Crippen LogP contribution < -0.4 is 15.1 Å². The maximum absolute atomic E-state index is 13.7. The summed E-state index contributed by atoms with van der Waals surface area (Å²) < 4.78 is 13.7. The molecule has 1 amide bonds. The minimum Gasteiger partial charge on any atom is -0.353 e. The summed E-state index contributed by atoms with van der Waals surface area (Å²) in [6.07, 6.45) is 4.83. The van der Waals surface area contributed by atoms with Crippen LogP contribution in [0.3, 0.4) is 0 Å². The van der Waals surface area contributed by atoms with Gasteiger partial charge >= 0.3 is 0 Å². The molecule has 1 aliphatic rings. The van der Waals surface area contributed by atoms with Gasteiger partial charge in [-0.3, -0.25) is 4.79 Å². The quantitative estimate of drug-likeness (QED) is 0.705. The van der Waals surface area contributed by atoms with E-state index in [9.17, 15) is 9.18 Å². The summed E-state index contributed by atoms with van der Waals surface area (Å²) in [6.45, 7) is 3.06. The molecule has 4 rings (SSSR count). The second-order valence-electron chi connectivity index (χ2n) is 6.56. The predicted molar refractivity (Wildman–Crippen MR) is 106 cm³/mol. The fourth-order valence-electron chi connectivity index (χ4n) is 3.14. The van der Waals surface area contributed by atoms with Gasteiger partial charge in [-0.25, -0.2) is 24.3 Å². The first-order valence-electron chi connectivity index (χ1n) is 9.31. The second-order valence-corrected chi connectivity index (χ2v) is 6.56. The largest absolute Gasteiger partial charge is 0.353 e. The Morgan fingerprint density at radius 2 is 1.69 bits per heavy atom. The SMILES string of the molecule is O=C(NCc1ccccc1F)c1cc(N2CCN(c3ncccn3)CC2)ncn1. The van der Waals surface area contributed by atoms with Gasteiger partial charge < -0.3 is 15.1 Å². The third kappa shape index (κ3) is 4.45. The second kappa shape index (κ2) is 8.59. The highest BCUT2D eigenvalue weighted by Crippen LogP contribution is 2.16. The van der Waals surface area contributed by atoms with Crippen LogP contribution in [-0.4, -0.2) is 52.0 Å². The van der Waals surface area contributed by atoms with Crippen molar-refractivity contribution in [2.45, 2.75) is 6.54 Å². The summed E-state index contributed by atoms with van der Waals surface area (Å²) in [5.74, 6) is 0.678. The molecule has 1 saturated heterocycles. The molecule has 0 spiro atoms. The summed E-state index contributed by atoms with van der Waals surface area (Å²) in [7, 11) is 0. The Labute approximate surface area is 167 Å². The highest BCUT2D eigenvalue weighted by atomic mass is 19.1. The van der Waals surface area contributed by atoms with Crippen LogP contribution in [0.25, 0.3) is 0 Å². The fourth-order valence-corrected chi connectivity index (χ4v) is 3.14. The molecule has 0 bridgehead atoms. The molecule has 1 aliphatic heterocycles. The molecule has 3 heterocycles. The van der Waals surface area contributed by atoms with E-state index in [1.165, 1.54) is 12.4 Å². The zero-order chi connectivity index (χ0) is 20.1. The highest BCUT2D eigenvalue weighted by Gasteiger charge is 2.21. The third-order valence-electron chi connectivity index (χ3n) is 4.72. The van der Waals surface area contributed by atoms with Crippen molar-refractivity contribution < 1.29 is 9.18 Å². The standard InChI is InChI=1S/C20H20FN7O/c21-16-5-2-1-4-15(16)13-24-19(29)17-12-18(26-14-25-17)27-8-10-28(11-9-27)20-22-6-3-7-23-20/h1-7,12,14H,8-11,13H2,(H,24,29). The lowest BCUT2D eigenvalue weighted by molar-refractivity contribution is 0.0945. The zero-order valence-electron chi connectivity index (χ0n) is 15.7. The van der Waals surface area contributed by atoms with E-state index in [0.717, 1.165) is 26.2 Å². The van der Waals surface area contributed by atoms with Crippen molar-refractivity contribution in [1.82, 2.24) is 25.3 Å². The van der Waals surface area contributed by atoms with Crippen molar-refractivity contribution >= 4 is 17.7 Å².